The van der Waals surface area contributed by atoms with Crippen molar-refractivity contribution < 1.29 is 0 Å². The largest absolute Gasteiger partial charge is 0.198 e. The Morgan fingerprint density at radius 2 is 2.13 bits per heavy atom. The molecule has 2 unspecified atom stereocenters. The quantitative estimate of drug-likeness (QED) is 0.645. The zero-order chi connectivity index (χ0) is 10.9. The van der Waals surface area contributed by atoms with Gasteiger partial charge in [0.25, 0.3) is 0 Å². The molecule has 72 valence electrons. The third-order valence-electron chi connectivity index (χ3n) is 3.05. The van der Waals surface area contributed by atoms with Crippen LogP contribution in [0, 0.1) is 22.7 Å². The number of benzene rings is 1. The van der Waals surface area contributed by atoms with Gasteiger partial charge in [-0.3, -0.25) is 0 Å². The molecule has 1 aromatic rings. The molecule has 2 heteroatoms. The van der Waals surface area contributed by atoms with Crippen molar-refractivity contribution in [2.24, 2.45) is 0 Å². The maximum Gasteiger partial charge on any atom is 0.102 e. The first-order chi connectivity index (χ1) is 7.27. The summed E-state index contributed by atoms with van der Waals surface area (Å²) in [4.78, 5) is 0. The molecular weight excluding hydrogens is 184 g/mol. The number of hydrogen-bond donors (Lipinski definition) is 0. The lowest BCUT2D eigenvalue weighted by Crippen LogP contribution is -2.16. The van der Waals surface area contributed by atoms with Gasteiger partial charge in [-0.2, -0.15) is 10.5 Å². The Morgan fingerprint density at radius 1 is 1.40 bits per heavy atom. The van der Waals surface area contributed by atoms with Gasteiger partial charge in [0, 0.05) is 0 Å². The Balaban J connectivity index is 2.67. The molecule has 0 bridgehead atoms. The molecule has 0 N–H and O–H groups in total. The molecule has 0 spiro atoms. The predicted molar refractivity (Wildman–Crippen MR) is 56.9 cm³/mol. The summed E-state index contributed by atoms with van der Waals surface area (Å²) in [5.41, 5.74) is 1.24. The fourth-order valence-electron chi connectivity index (χ4n) is 2.21. The Morgan fingerprint density at radius 3 is 2.73 bits per heavy atom. The highest BCUT2D eigenvalue weighted by Crippen LogP contribution is 2.46. The number of fused-ring (bicyclic) bond motifs is 1. The standard InChI is InChI=1S/C13H10N2/c1-2-13(9-15)7-10(8-14)11-5-3-4-6-12(11)13/h2-6,10H,1,7H2. The molecule has 0 amide bonds. The molecule has 0 saturated heterocycles. The average Bonchev–Trinajstić information content (AvgIpc) is 2.64. The van der Waals surface area contributed by atoms with Gasteiger partial charge in [-0.25, -0.2) is 0 Å². The minimum Gasteiger partial charge on any atom is -0.198 e. The first-order valence-electron chi connectivity index (χ1n) is 4.81. The summed E-state index contributed by atoms with van der Waals surface area (Å²) in [5.74, 6) is -0.182. The molecule has 2 atom stereocenters. The van der Waals surface area contributed by atoms with Crippen molar-refractivity contribution in [3.63, 3.8) is 0 Å². The molecule has 0 radical (unpaired) electrons. The van der Waals surface area contributed by atoms with Crippen LogP contribution in [0.5, 0.6) is 0 Å². The molecule has 15 heavy (non-hydrogen) atoms. The van der Waals surface area contributed by atoms with E-state index in [1.54, 1.807) is 6.08 Å². The van der Waals surface area contributed by atoms with E-state index in [1.807, 2.05) is 24.3 Å². The summed E-state index contributed by atoms with van der Waals surface area (Å²) in [6.45, 7) is 3.72. The minimum atomic E-state index is -0.670. The van der Waals surface area contributed by atoms with E-state index < -0.39 is 5.41 Å². The van der Waals surface area contributed by atoms with Gasteiger partial charge in [0.1, 0.15) is 5.41 Å². The van der Waals surface area contributed by atoms with Crippen molar-refractivity contribution in [3.05, 3.63) is 48.0 Å². The zero-order valence-electron chi connectivity index (χ0n) is 8.27. The maximum atomic E-state index is 9.25. The molecule has 0 aromatic heterocycles. The van der Waals surface area contributed by atoms with Gasteiger partial charge < -0.3 is 0 Å². The molecule has 1 aromatic carbocycles. The molecule has 0 saturated carbocycles. The number of rotatable bonds is 1. The van der Waals surface area contributed by atoms with Crippen LogP contribution in [-0.4, -0.2) is 0 Å². The SMILES string of the molecule is C=CC1(C#N)CC(C#N)c2ccccc21. The molecule has 0 heterocycles. The van der Waals surface area contributed by atoms with Gasteiger partial charge in [0.2, 0.25) is 0 Å². The molecule has 0 aliphatic heterocycles. The predicted octanol–water partition coefficient (Wildman–Crippen LogP) is 2.64. The highest BCUT2D eigenvalue weighted by Gasteiger charge is 2.41. The first-order valence-corrected chi connectivity index (χ1v) is 4.81. The van der Waals surface area contributed by atoms with Gasteiger partial charge in [-0.1, -0.05) is 30.3 Å². The monoisotopic (exact) mass is 194 g/mol. The highest BCUT2D eigenvalue weighted by molar-refractivity contribution is 5.52. The van der Waals surface area contributed by atoms with Crippen LogP contribution < -0.4 is 0 Å². The van der Waals surface area contributed by atoms with Crippen molar-refractivity contribution in [1.29, 1.82) is 10.5 Å². The number of hydrogen-bond acceptors (Lipinski definition) is 2. The maximum absolute atomic E-state index is 9.25. The van der Waals surface area contributed by atoms with Gasteiger partial charge in [0.15, 0.2) is 0 Å². The van der Waals surface area contributed by atoms with Gasteiger partial charge in [-0.05, 0) is 17.5 Å². The van der Waals surface area contributed by atoms with E-state index in [9.17, 15) is 5.26 Å². The van der Waals surface area contributed by atoms with Gasteiger partial charge >= 0.3 is 0 Å². The Bertz CT molecular complexity index is 490. The van der Waals surface area contributed by atoms with Crippen molar-refractivity contribution in [3.8, 4) is 12.1 Å². The Kier molecular flexibility index (Phi) is 2.06. The third kappa shape index (κ3) is 1.16. The van der Waals surface area contributed by atoms with Crippen molar-refractivity contribution in [2.75, 3.05) is 0 Å². The van der Waals surface area contributed by atoms with Crippen LogP contribution in [0.15, 0.2) is 36.9 Å². The van der Waals surface area contributed by atoms with Crippen molar-refractivity contribution >= 4 is 0 Å². The summed E-state index contributed by atoms with van der Waals surface area (Å²) >= 11 is 0. The number of nitriles is 2. The summed E-state index contributed by atoms with van der Waals surface area (Å²) in [6, 6.07) is 12.2. The van der Waals surface area contributed by atoms with Crippen LogP contribution >= 0.6 is 0 Å². The van der Waals surface area contributed by atoms with E-state index in [0.29, 0.717) is 6.42 Å². The minimum absolute atomic E-state index is 0.182. The zero-order valence-corrected chi connectivity index (χ0v) is 8.27. The van der Waals surface area contributed by atoms with Crippen LogP contribution in [0.4, 0.5) is 0 Å². The average molecular weight is 194 g/mol. The van der Waals surface area contributed by atoms with E-state index >= 15 is 0 Å². The lowest BCUT2D eigenvalue weighted by molar-refractivity contribution is 0.644. The topological polar surface area (TPSA) is 47.6 Å². The molecule has 0 fully saturated rings. The number of allylic oxidation sites excluding steroid dienone is 1. The fourth-order valence-corrected chi connectivity index (χ4v) is 2.21. The van der Waals surface area contributed by atoms with Crippen LogP contribution in [-0.2, 0) is 5.41 Å². The van der Waals surface area contributed by atoms with Crippen LogP contribution in [0.2, 0.25) is 0 Å². The van der Waals surface area contributed by atoms with Crippen LogP contribution in [0.25, 0.3) is 0 Å². The second kappa shape index (κ2) is 3.26. The van der Waals surface area contributed by atoms with E-state index in [0.717, 1.165) is 11.1 Å². The Hall–Kier alpha value is -2.06. The molecule has 1 aliphatic rings. The summed E-state index contributed by atoms with van der Waals surface area (Å²) < 4.78 is 0. The highest BCUT2D eigenvalue weighted by atomic mass is 14.5. The lowest BCUT2D eigenvalue weighted by Gasteiger charge is -2.16. The van der Waals surface area contributed by atoms with Crippen molar-refractivity contribution in [2.45, 2.75) is 17.8 Å². The second-order valence-corrected chi connectivity index (χ2v) is 3.76. The third-order valence-corrected chi connectivity index (χ3v) is 3.05. The number of nitrogens with zero attached hydrogens (tertiary/aromatic N) is 2. The van der Waals surface area contributed by atoms with Gasteiger partial charge in [0.05, 0.1) is 18.1 Å². The fraction of sp³-hybridized carbons (Fsp3) is 0.231. The van der Waals surface area contributed by atoms with Gasteiger partial charge in [-0.15, -0.1) is 6.58 Å². The Labute approximate surface area is 89.1 Å². The van der Waals surface area contributed by atoms with Crippen LogP contribution in [0.3, 0.4) is 0 Å². The molecule has 1 aliphatic carbocycles. The smallest absolute Gasteiger partial charge is 0.102 e. The van der Waals surface area contributed by atoms with E-state index in [1.165, 1.54) is 0 Å². The summed E-state index contributed by atoms with van der Waals surface area (Å²) in [6.07, 6.45) is 2.19. The molecular formula is C13H10N2. The van der Waals surface area contributed by atoms with Crippen molar-refractivity contribution in [1.82, 2.24) is 0 Å². The van der Waals surface area contributed by atoms with Crippen LogP contribution in [0.1, 0.15) is 23.5 Å². The van der Waals surface area contributed by atoms with E-state index in [-0.39, 0.29) is 5.92 Å². The van der Waals surface area contributed by atoms with E-state index in [2.05, 4.69) is 18.7 Å². The van der Waals surface area contributed by atoms with E-state index in [4.69, 9.17) is 5.26 Å². The second-order valence-electron chi connectivity index (χ2n) is 3.76. The summed E-state index contributed by atoms with van der Waals surface area (Å²) in [7, 11) is 0. The summed E-state index contributed by atoms with van der Waals surface area (Å²) in [5, 5.41) is 18.3. The molecule has 2 nitrogen and oxygen atoms in total. The first kappa shape index (κ1) is 9.49. The molecule has 2 rings (SSSR count). The lowest BCUT2D eigenvalue weighted by atomic mass is 9.83. The normalized spacial score (nSPS) is 27.5.